The summed E-state index contributed by atoms with van der Waals surface area (Å²) < 4.78 is 38.5. The molecule has 1 unspecified atom stereocenters. The quantitative estimate of drug-likeness (QED) is 0.759. The standard InChI is InChI=1S/C18H21F3N4O.2ClH/c1-11-7-12(18(19,20)21)8-16(26)17(11)15-4-3-13(23-24-15)9-22-14-5-6-25(2)10-14;;/h3-4,7-8,14,22,26H,5-6,9-10H2,1-2H3;2*1H. The minimum absolute atomic E-state index is 0. The lowest BCUT2D eigenvalue weighted by Gasteiger charge is -2.14. The average molecular weight is 439 g/mol. The highest BCUT2D eigenvalue weighted by atomic mass is 35.5. The molecule has 1 saturated heterocycles. The number of alkyl halides is 3. The van der Waals surface area contributed by atoms with Gasteiger partial charge in [0.2, 0.25) is 0 Å². The van der Waals surface area contributed by atoms with Crippen LogP contribution in [0.5, 0.6) is 5.75 Å². The third kappa shape index (κ3) is 5.70. The number of hydrogen-bond donors (Lipinski definition) is 2. The number of halogens is 5. The van der Waals surface area contributed by atoms with E-state index in [1.807, 2.05) is 0 Å². The number of rotatable bonds is 4. The third-order valence-electron chi connectivity index (χ3n) is 4.58. The molecule has 1 aromatic heterocycles. The van der Waals surface area contributed by atoms with Crippen LogP contribution in [0.4, 0.5) is 13.2 Å². The second-order valence-electron chi connectivity index (χ2n) is 6.72. The summed E-state index contributed by atoms with van der Waals surface area (Å²) in [7, 11) is 2.08. The maximum absolute atomic E-state index is 12.8. The smallest absolute Gasteiger partial charge is 0.416 e. The molecule has 2 aromatic rings. The van der Waals surface area contributed by atoms with Crippen molar-refractivity contribution in [2.24, 2.45) is 0 Å². The first-order valence-corrected chi connectivity index (χ1v) is 8.40. The molecule has 0 spiro atoms. The van der Waals surface area contributed by atoms with Crippen molar-refractivity contribution in [3.8, 4) is 17.0 Å². The van der Waals surface area contributed by atoms with Crippen LogP contribution in [-0.2, 0) is 12.7 Å². The van der Waals surface area contributed by atoms with Crippen LogP contribution < -0.4 is 5.32 Å². The lowest BCUT2D eigenvalue weighted by molar-refractivity contribution is -0.137. The first kappa shape index (κ1) is 24.4. The molecule has 28 heavy (non-hydrogen) atoms. The Morgan fingerprint density at radius 2 is 1.93 bits per heavy atom. The molecule has 2 N–H and O–H groups in total. The van der Waals surface area contributed by atoms with E-state index in [9.17, 15) is 18.3 Å². The number of phenols is 1. The van der Waals surface area contributed by atoms with Crippen molar-refractivity contribution < 1.29 is 18.3 Å². The zero-order valence-corrected chi connectivity index (χ0v) is 17.1. The molecule has 3 rings (SSSR count). The molecule has 1 aromatic carbocycles. The van der Waals surface area contributed by atoms with Crippen LogP contribution >= 0.6 is 24.8 Å². The summed E-state index contributed by atoms with van der Waals surface area (Å²) in [4.78, 5) is 2.25. The van der Waals surface area contributed by atoms with E-state index in [1.54, 1.807) is 12.1 Å². The molecule has 0 saturated carbocycles. The normalized spacial score (nSPS) is 17.1. The maximum atomic E-state index is 12.8. The van der Waals surface area contributed by atoms with E-state index < -0.39 is 17.5 Å². The van der Waals surface area contributed by atoms with Crippen LogP contribution in [0.25, 0.3) is 11.3 Å². The van der Waals surface area contributed by atoms with Crippen molar-refractivity contribution in [3.63, 3.8) is 0 Å². The summed E-state index contributed by atoms with van der Waals surface area (Å²) in [5.41, 5.74) is 0.769. The van der Waals surface area contributed by atoms with E-state index in [2.05, 4.69) is 27.5 Å². The number of aromatic nitrogens is 2. The van der Waals surface area contributed by atoms with E-state index >= 15 is 0 Å². The molecule has 156 valence electrons. The van der Waals surface area contributed by atoms with Crippen LogP contribution in [0.2, 0.25) is 0 Å². The van der Waals surface area contributed by atoms with Crippen LogP contribution in [-0.4, -0.2) is 46.4 Å². The van der Waals surface area contributed by atoms with E-state index in [-0.39, 0.29) is 30.4 Å². The predicted octanol–water partition coefficient (Wildman–Crippen LogP) is 3.81. The average Bonchev–Trinajstić information content (AvgIpc) is 2.98. The highest BCUT2D eigenvalue weighted by Crippen LogP contribution is 2.38. The van der Waals surface area contributed by atoms with Gasteiger partial charge in [-0.25, -0.2) is 0 Å². The maximum Gasteiger partial charge on any atom is 0.416 e. The number of phenolic OH excluding ortho intramolecular Hbond substituents is 1. The molecule has 1 fully saturated rings. The van der Waals surface area contributed by atoms with Gasteiger partial charge in [0.25, 0.3) is 0 Å². The zero-order valence-electron chi connectivity index (χ0n) is 15.5. The topological polar surface area (TPSA) is 61.3 Å². The fraction of sp³-hybridized carbons (Fsp3) is 0.444. The van der Waals surface area contributed by atoms with Gasteiger partial charge in [-0.15, -0.1) is 24.8 Å². The number of likely N-dealkylation sites (N-methyl/N-ethyl adjacent to an activating group) is 1. The fourth-order valence-corrected chi connectivity index (χ4v) is 3.20. The van der Waals surface area contributed by atoms with Crippen LogP contribution in [0.15, 0.2) is 24.3 Å². The molecule has 1 aliphatic rings. The van der Waals surface area contributed by atoms with Gasteiger partial charge in [-0.05, 0) is 56.8 Å². The van der Waals surface area contributed by atoms with Gasteiger partial charge in [0.15, 0.2) is 0 Å². The Labute approximate surface area is 174 Å². The Bertz CT molecular complexity index is 764. The molecule has 0 aliphatic carbocycles. The highest BCUT2D eigenvalue weighted by Gasteiger charge is 2.32. The van der Waals surface area contributed by atoms with Crippen LogP contribution in [0.3, 0.4) is 0 Å². The number of nitrogens with one attached hydrogen (secondary N) is 1. The molecule has 2 heterocycles. The van der Waals surface area contributed by atoms with Crippen molar-refractivity contribution in [1.82, 2.24) is 20.4 Å². The molecule has 0 amide bonds. The van der Waals surface area contributed by atoms with E-state index in [0.717, 1.165) is 37.3 Å². The Kier molecular flexibility index (Phi) is 8.49. The number of aryl methyl sites for hydroxylation is 1. The molecular weight excluding hydrogens is 416 g/mol. The molecule has 0 bridgehead atoms. The minimum atomic E-state index is -4.50. The van der Waals surface area contributed by atoms with Crippen molar-refractivity contribution in [3.05, 3.63) is 41.1 Å². The van der Waals surface area contributed by atoms with Gasteiger partial charge in [-0.1, -0.05) is 0 Å². The third-order valence-corrected chi connectivity index (χ3v) is 4.58. The molecule has 0 radical (unpaired) electrons. The lowest BCUT2D eigenvalue weighted by Crippen LogP contribution is -2.31. The van der Waals surface area contributed by atoms with E-state index in [4.69, 9.17) is 0 Å². The monoisotopic (exact) mass is 438 g/mol. The van der Waals surface area contributed by atoms with Gasteiger partial charge in [-0.2, -0.15) is 23.4 Å². The van der Waals surface area contributed by atoms with Gasteiger partial charge in [-0.3, -0.25) is 0 Å². The summed E-state index contributed by atoms with van der Waals surface area (Å²) in [5, 5.41) is 21.7. The van der Waals surface area contributed by atoms with Crippen molar-refractivity contribution in [2.45, 2.75) is 32.1 Å². The van der Waals surface area contributed by atoms with Crippen LogP contribution in [0, 0.1) is 6.92 Å². The second kappa shape index (κ2) is 9.73. The summed E-state index contributed by atoms with van der Waals surface area (Å²) in [5.74, 6) is -0.452. The number of benzene rings is 1. The second-order valence-corrected chi connectivity index (χ2v) is 6.72. The number of aromatic hydroxyl groups is 1. The predicted molar refractivity (Wildman–Crippen MR) is 106 cm³/mol. The van der Waals surface area contributed by atoms with Gasteiger partial charge >= 0.3 is 6.18 Å². The number of likely N-dealkylation sites (tertiary alicyclic amines) is 1. The van der Waals surface area contributed by atoms with Gasteiger partial charge < -0.3 is 15.3 Å². The Balaban J connectivity index is 0.00000196. The van der Waals surface area contributed by atoms with Gasteiger partial charge in [0.1, 0.15) is 5.75 Å². The van der Waals surface area contributed by atoms with Crippen molar-refractivity contribution in [1.29, 1.82) is 0 Å². The summed E-state index contributed by atoms with van der Waals surface area (Å²) >= 11 is 0. The molecule has 5 nitrogen and oxygen atoms in total. The first-order valence-electron chi connectivity index (χ1n) is 8.40. The molecular formula is C18H23Cl2F3N4O. The first-order chi connectivity index (χ1) is 12.2. The van der Waals surface area contributed by atoms with Crippen molar-refractivity contribution >= 4 is 24.8 Å². The fourth-order valence-electron chi connectivity index (χ4n) is 3.20. The lowest BCUT2D eigenvalue weighted by atomic mass is 10.0. The Morgan fingerprint density at radius 1 is 1.21 bits per heavy atom. The van der Waals surface area contributed by atoms with Crippen LogP contribution in [0.1, 0.15) is 23.2 Å². The minimum Gasteiger partial charge on any atom is -0.507 e. The summed E-state index contributed by atoms with van der Waals surface area (Å²) in [6, 6.07) is 5.58. The van der Waals surface area contributed by atoms with Gasteiger partial charge in [0.05, 0.1) is 17.0 Å². The molecule has 1 aliphatic heterocycles. The zero-order chi connectivity index (χ0) is 18.9. The Hall–Kier alpha value is -1.61. The summed E-state index contributed by atoms with van der Waals surface area (Å²) in [6.45, 7) is 4.14. The number of hydrogen-bond acceptors (Lipinski definition) is 5. The summed E-state index contributed by atoms with van der Waals surface area (Å²) in [6.07, 6.45) is -3.42. The van der Waals surface area contributed by atoms with Gasteiger partial charge in [0, 0.05) is 24.7 Å². The van der Waals surface area contributed by atoms with Crippen molar-refractivity contribution in [2.75, 3.05) is 20.1 Å². The van der Waals surface area contributed by atoms with E-state index in [1.165, 1.54) is 6.92 Å². The van der Waals surface area contributed by atoms with E-state index in [0.29, 0.717) is 23.8 Å². The Morgan fingerprint density at radius 3 is 2.43 bits per heavy atom. The highest BCUT2D eigenvalue weighted by molar-refractivity contribution is 5.85. The SMILES string of the molecule is Cc1cc(C(F)(F)F)cc(O)c1-c1ccc(CNC2CCN(C)C2)nn1.Cl.Cl. The molecule has 1 atom stereocenters. The molecule has 10 heteroatoms. The number of nitrogens with zero attached hydrogens (tertiary/aromatic N) is 3. The largest absolute Gasteiger partial charge is 0.507 e.